The zero-order valence-electron chi connectivity index (χ0n) is 14.3. The Hall–Kier alpha value is -1.68. The van der Waals surface area contributed by atoms with Crippen molar-refractivity contribution < 1.29 is 4.39 Å². The van der Waals surface area contributed by atoms with Gasteiger partial charge < -0.3 is 0 Å². The average Bonchev–Trinajstić information content (AvgIpc) is 2.78. The van der Waals surface area contributed by atoms with Crippen LogP contribution >= 0.6 is 0 Å². The van der Waals surface area contributed by atoms with Crippen molar-refractivity contribution in [1.29, 1.82) is 0 Å². The summed E-state index contributed by atoms with van der Waals surface area (Å²) in [4.78, 5) is 2.54. The molecule has 23 heavy (non-hydrogen) atoms. The van der Waals surface area contributed by atoms with Crippen LogP contribution in [0.15, 0.2) is 24.3 Å². The molecule has 2 aromatic rings. The van der Waals surface area contributed by atoms with E-state index in [1.54, 1.807) is 12.1 Å². The van der Waals surface area contributed by atoms with E-state index in [2.05, 4.69) is 23.8 Å². The summed E-state index contributed by atoms with van der Waals surface area (Å²) in [6.07, 6.45) is 3.50. The van der Waals surface area contributed by atoms with E-state index in [1.807, 2.05) is 23.9 Å². The van der Waals surface area contributed by atoms with Crippen molar-refractivity contribution in [1.82, 2.24) is 14.7 Å². The van der Waals surface area contributed by atoms with Gasteiger partial charge >= 0.3 is 0 Å². The van der Waals surface area contributed by atoms with Crippen molar-refractivity contribution in [3.8, 4) is 0 Å². The fourth-order valence-electron chi connectivity index (χ4n) is 3.57. The van der Waals surface area contributed by atoms with Crippen LogP contribution in [0.25, 0.3) is 0 Å². The maximum atomic E-state index is 13.0. The molecule has 0 radical (unpaired) electrons. The first-order valence-electron chi connectivity index (χ1n) is 8.49. The largest absolute Gasteiger partial charge is 0.299 e. The van der Waals surface area contributed by atoms with E-state index in [1.165, 1.54) is 29.7 Å². The molecule has 0 amide bonds. The molecule has 0 bridgehead atoms. The van der Waals surface area contributed by atoms with Gasteiger partial charge in [0.05, 0.1) is 5.69 Å². The number of benzene rings is 1. The van der Waals surface area contributed by atoms with Crippen LogP contribution in [0.3, 0.4) is 0 Å². The monoisotopic (exact) mass is 315 g/mol. The highest BCUT2D eigenvalue weighted by atomic mass is 19.1. The van der Waals surface area contributed by atoms with Gasteiger partial charge in [-0.2, -0.15) is 5.10 Å². The molecular weight excluding hydrogens is 289 g/mol. The summed E-state index contributed by atoms with van der Waals surface area (Å²) in [6, 6.07) is 6.98. The third-order valence-corrected chi connectivity index (χ3v) is 5.19. The predicted molar refractivity (Wildman–Crippen MR) is 90.8 cm³/mol. The van der Waals surface area contributed by atoms with Gasteiger partial charge in [0.2, 0.25) is 0 Å². The molecule has 0 saturated carbocycles. The van der Waals surface area contributed by atoms with Crippen molar-refractivity contribution in [3.05, 3.63) is 52.6 Å². The zero-order valence-corrected chi connectivity index (χ0v) is 14.3. The van der Waals surface area contributed by atoms with Crippen LogP contribution < -0.4 is 0 Å². The standard InChI is InChI=1S/C19H26FN3/c1-14-19(15(2)22(3)21-14)13-23-10-8-17(9-11-23)12-16-4-6-18(20)7-5-16/h4-7,17H,8-13H2,1-3H3. The Morgan fingerprint density at radius 1 is 1.13 bits per heavy atom. The van der Waals surface area contributed by atoms with Gasteiger partial charge in [-0.25, -0.2) is 4.39 Å². The highest BCUT2D eigenvalue weighted by Crippen LogP contribution is 2.24. The summed E-state index contributed by atoms with van der Waals surface area (Å²) in [6.45, 7) is 7.54. The molecular formula is C19H26FN3. The van der Waals surface area contributed by atoms with Gasteiger partial charge in [-0.15, -0.1) is 0 Å². The highest BCUT2D eigenvalue weighted by Gasteiger charge is 2.21. The van der Waals surface area contributed by atoms with Crippen LogP contribution in [0.2, 0.25) is 0 Å². The van der Waals surface area contributed by atoms with E-state index in [-0.39, 0.29) is 5.82 Å². The summed E-state index contributed by atoms with van der Waals surface area (Å²) in [5, 5.41) is 4.51. The number of halogens is 1. The van der Waals surface area contributed by atoms with Crippen LogP contribution in [0.1, 0.15) is 35.4 Å². The van der Waals surface area contributed by atoms with Crippen LogP contribution in [0.5, 0.6) is 0 Å². The number of rotatable bonds is 4. The van der Waals surface area contributed by atoms with E-state index in [9.17, 15) is 4.39 Å². The molecule has 3 rings (SSSR count). The molecule has 3 nitrogen and oxygen atoms in total. The molecule has 1 aromatic carbocycles. The lowest BCUT2D eigenvalue weighted by molar-refractivity contribution is 0.176. The van der Waals surface area contributed by atoms with E-state index < -0.39 is 0 Å². The number of piperidine rings is 1. The molecule has 0 N–H and O–H groups in total. The quantitative estimate of drug-likeness (QED) is 0.859. The second-order valence-electron chi connectivity index (χ2n) is 6.82. The summed E-state index contributed by atoms with van der Waals surface area (Å²) in [5.74, 6) is 0.568. The molecule has 4 heteroatoms. The maximum Gasteiger partial charge on any atom is 0.123 e. The van der Waals surface area contributed by atoms with Gasteiger partial charge in [0.1, 0.15) is 5.82 Å². The van der Waals surface area contributed by atoms with Gasteiger partial charge in [0.25, 0.3) is 0 Å². The molecule has 2 heterocycles. The van der Waals surface area contributed by atoms with Crippen molar-refractivity contribution in [2.75, 3.05) is 13.1 Å². The number of aryl methyl sites for hydroxylation is 2. The van der Waals surface area contributed by atoms with Gasteiger partial charge in [-0.05, 0) is 69.8 Å². The minimum Gasteiger partial charge on any atom is -0.299 e. The van der Waals surface area contributed by atoms with Crippen molar-refractivity contribution in [3.63, 3.8) is 0 Å². The third-order valence-electron chi connectivity index (χ3n) is 5.19. The lowest BCUT2D eigenvalue weighted by atomic mass is 9.90. The number of likely N-dealkylation sites (tertiary alicyclic amines) is 1. The van der Waals surface area contributed by atoms with Gasteiger partial charge in [-0.1, -0.05) is 12.1 Å². The summed E-state index contributed by atoms with van der Waals surface area (Å²) in [7, 11) is 2.01. The number of hydrogen-bond acceptors (Lipinski definition) is 2. The zero-order chi connectivity index (χ0) is 16.4. The van der Waals surface area contributed by atoms with E-state index >= 15 is 0 Å². The predicted octanol–water partition coefficient (Wildman–Crippen LogP) is 3.63. The van der Waals surface area contributed by atoms with Crippen LogP contribution in [0.4, 0.5) is 4.39 Å². The Morgan fingerprint density at radius 2 is 1.78 bits per heavy atom. The number of nitrogens with zero attached hydrogens (tertiary/aromatic N) is 3. The molecule has 0 unspecified atom stereocenters. The molecule has 1 aliphatic rings. The molecule has 1 aromatic heterocycles. The van der Waals surface area contributed by atoms with Crippen molar-refractivity contribution in [2.24, 2.45) is 13.0 Å². The second-order valence-corrected chi connectivity index (χ2v) is 6.82. The first-order chi connectivity index (χ1) is 11.0. The first kappa shape index (κ1) is 16.2. The summed E-state index contributed by atoms with van der Waals surface area (Å²) < 4.78 is 15.0. The van der Waals surface area contributed by atoms with Crippen molar-refractivity contribution in [2.45, 2.75) is 39.7 Å². The molecule has 1 fully saturated rings. The van der Waals surface area contributed by atoms with Crippen LogP contribution in [-0.2, 0) is 20.0 Å². The molecule has 0 spiro atoms. The molecule has 0 atom stereocenters. The smallest absolute Gasteiger partial charge is 0.123 e. The third kappa shape index (κ3) is 3.81. The topological polar surface area (TPSA) is 21.1 Å². The van der Waals surface area contributed by atoms with Crippen molar-refractivity contribution >= 4 is 0 Å². The average molecular weight is 315 g/mol. The van der Waals surface area contributed by atoms with Gasteiger partial charge in [-0.3, -0.25) is 9.58 Å². The Morgan fingerprint density at radius 3 is 2.35 bits per heavy atom. The minimum absolute atomic E-state index is 0.147. The fourth-order valence-corrected chi connectivity index (χ4v) is 3.57. The Bertz CT molecular complexity index is 652. The number of hydrogen-bond donors (Lipinski definition) is 0. The van der Waals surface area contributed by atoms with Gasteiger partial charge in [0.15, 0.2) is 0 Å². The Kier molecular flexibility index (Phi) is 4.81. The van der Waals surface area contributed by atoms with E-state index in [0.29, 0.717) is 5.92 Å². The lowest BCUT2D eigenvalue weighted by Crippen LogP contribution is -2.34. The SMILES string of the molecule is Cc1nn(C)c(C)c1CN1CCC(Cc2ccc(F)cc2)CC1. The van der Waals surface area contributed by atoms with Gasteiger partial charge in [0, 0.05) is 24.8 Å². The van der Waals surface area contributed by atoms with Crippen LogP contribution in [-0.4, -0.2) is 27.8 Å². The molecule has 0 aliphatic carbocycles. The molecule has 124 valence electrons. The summed E-state index contributed by atoms with van der Waals surface area (Å²) >= 11 is 0. The maximum absolute atomic E-state index is 13.0. The summed E-state index contributed by atoms with van der Waals surface area (Å²) in [5.41, 5.74) is 5.06. The fraction of sp³-hybridized carbons (Fsp3) is 0.526. The first-order valence-corrected chi connectivity index (χ1v) is 8.49. The molecule has 1 aliphatic heterocycles. The normalized spacial score (nSPS) is 16.9. The van der Waals surface area contributed by atoms with E-state index in [4.69, 9.17) is 0 Å². The highest BCUT2D eigenvalue weighted by molar-refractivity contribution is 5.24. The molecule has 1 saturated heterocycles. The second kappa shape index (κ2) is 6.83. The van der Waals surface area contributed by atoms with Crippen LogP contribution in [0, 0.1) is 25.6 Å². The minimum atomic E-state index is -0.147. The Labute approximate surface area is 138 Å². The van der Waals surface area contributed by atoms with E-state index in [0.717, 1.165) is 31.7 Å². The lowest BCUT2D eigenvalue weighted by Gasteiger charge is -2.32. The Balaban J connectivity index is 1.53. The number of aromatic nitrogens is 2.